The van der Waals surface area contributed by atoms with Crippen molar-refractivity contribution >= 4 is 62.4 Å². The molecule has 0 bridgehead atoms. The van der Waals surface area contributed by atoms with E-state index in [2.05, 4.69) is 46.5 Å². The van der Waals surface area contributed by atoms with Crippen LogP contribution in [-0.4, -0.2) is 0 Å². The average Bonchev–Trinajstić information content (AvgIpc) is 2.70. The Morgan fingerprint density at radius 2 is 2.13 bits per heavy atom. The summed E-state index contributed by atoms with van der Waals surface area (Å²) in [6, 6.07) is 4.09. The Kier molecular flexibility index (Phi) is 3.67. The van der Waals surface area contributed by atoms with E-state index in [1.165, 1.54) is 10.4 Å². The number of thiophene rings is 2. The first-order valence-electron chi connectivity index (χ1n) is 4.33. The molecule has 78 valence electrons. The van der Waals surface area contributed by atoms with Crippen LogP contribution in [0.15, 0.2) is 22.0 Å². The molecule has 0 amide bonds. The molecule has 0 aromatic carbocycles. The minimum Gasteiger partial charge on any atom is -0.144 e. The van der Waals surface area contributed by atoms with Gasteiger partial charge in [0.25, 0.3) is 0 Å². The van der Waals surface area contributed by atoms with Crippen molar-refractivity contribution in [2.45, 2.75) is 6.92 Å². The molecule has 0 nitrogen and oxygen atoms in total. The smallest absolute Gasteiger partial charge is 0.0946 e. The Morgan fingerprint density at radius 3 is 2.67 bits per heavy atom. The zero-order valence-corrected chi connectivity index (χ0v) is 11.9. The molecule has 0 N–H and O–H groups in total. The van der Waals surface area contributed by atoms with Gasteiger partial charge in [-0.15, -0.1) is 22.7 Å². The predicted molar refractivity (Wildman–Crippen MR) is 75.0 cm³/mol. The van der Waals surface area contributed by atoms with E-state index >= 15 is 0 Å². The third kappa shape index (κ3) is 2.94. The van der Waals surface area contributed by atoms with Crippen molar-refractivity contribution in [1.82, 2.24) is 0 Å². The molecule has 0 saturated carbocycles. The molecular formula is C11H8BrClS2. The molecule has 2 aromatic heterocycles. The number of halogens is 2. The van der Waals surface area contributed by atoms with E-state index in [4.69, 9.17) is 11.6 Å². The van der Waals surface area contributed by atoms with Crippen molar-refractivity contribution in [3.8, 4) is 0 Å². The fourth-order valence-corrected chi connectivity index (χ4v) is 3.88. The Balaban J connectivity index is 2.21. The highest BCUT2D eigenvalue weighted by Gasteiger charge is 2.01. The van der Waals surface area contributed by atoms with Crippen molar-refractivity contribution in [3.63, 3.8) is 0 Å². The van der Waals surface area contributed by atoms with Crippen LogP contribution in [0.4, 0.5) is 0 Å². The lowest BCUT2D eigenvalue weighted by atomic mass is 10.3. The van der Waals surface area contributed by atoms with Crippen molar-refractivity contribution in [2.75, 3.05) is 0 Å². The van der Waals surface area contributed by atoms with Gasteiger partial charge in [-0.3, -0.25) is 0 Å². The lowest BCUT2D eigenvalue weighted by molar-refractivity contribution is 1.55. The van der Waals surface area contributed by atoms with E-state index in [0.29, 0.717) is 0 Å². The normalized spacial score (nSPS) is 11.4. The summed E-state index contributed by atoms with van der Waals surface area (Å²) >= 11 is 12.7. The van der Waals surface area contributed by atoms with Gasteiger partial charge in [0.05, 0.1) is 4.34 Å². The fraction of sp³-hybridized carbons (Fsp3) is 0.0909. The average molecular weight is 320 g/mol. The molecule has 0 spiro atoms. The Morgan fingerprint density at radius 1 is 1.33 bits per heavy atom. The number of hydrogen-bond donors (Lipinski definition) is 0. The van der Waals surface area contributed by atoms with E-state index in [9.17, 15) is 0 Å². The molecule has 2 aromatic rings. The molecule has 0 aliphatic heterocycles. The second-order valence-corrected chi connectivity index (χ2v) is 6.63. The largest absolute Gasteiger partial charge is 0.144 e. The van der Waals surface area contributed by atoms with Crippen molar-refractivity contribution in [3.05, 3.63) is 41.6 Å². The summed E-state index contributed by atoms with van der Waals surface area (Å²) < 4.78 is 1.87. The van der Waals surface area contributed by atoms with Gasteiger partial charge in [0.15, 0.2) is 0 Å². The quantitative estimate of drug-likeness (QED) is 0.665. The molecule has 0 radical (unpaired) electrons. The second-order valence-electron chi connectivity index (χ2n) is 3.12. The van der Waals surface area contributed by atoms with Crippen LogP contribution in [0.25, 0.3) is 12.2 Å². The van der Waals surface area contributed by atoms with Crippen LogP contribution in [0.2, 0.25) is 4.34 Å². The van der Waals surface area contributed by atoms with Crippen molar-refractivity contribution in [1.29, 1.82) is 0 Å². The number of rotatable bonds is 2. The molecule has 2 heterocycles. The zero-order valence-electron chi connectivity index (χ0n) is 7.96. The molecule has 0 aliphatic carbocycles. The van der Waals surface area contributed by atoms with Crippen molar-refractivity contribution < 1.29 is 0 Å². The topological polar surface area (TPSA) is 0 Å². The van der Waals surface area contributed by atoms with E-state index < -0.39 is 0 Å². The summed E-state index contributed by atoms with van der Waals surface area (Å²) in [6.07, 6.45) is 4.20. The highest BCUT2D eigenvalue weighted by molar-refractivity contribution is 9.10. The first-order valence-corrected chi connectivity index (χ1v) is 7.20. The fourth-order valence-electron chi connectivity index (χ4n) is 1.17. The molecule has 0 unspecified atom stereocenters. The van der Waals surface area contributed by atoms with Gasteiger partial charge in [-0.1, -0.05) is 11.6 Å². The molecule has 0 atom stereocenters. The van der Waals surface area contributed by atoms with Gasteiger partial charge in [0.2, 0.25) is 0 Å². The number of aryl methyl sites for hydroxylation is 1. The highest BCUT2D eigenvalue weighted by Crippen LogP contribution is 2.32. The van der Waals surface area contributed by atoms with Crippen LogP contribution in [0, 0.1) is 6.92 Å². The van der Waals surface area contributed by atoms with Gasteiger partial charge in [0, 0.05) is 14.2 Å². The van der Waals surface area contributed by atoms with E-state index in [1.807, 2.05) is 6.07 Å². The van der Waals surface area contributed by atoms with Crippen LogP contribution in [-0.2, 0) is 0 Å². The van der Waals surface area contributed by atoms with Crippen LogP contribution in [0.3, 0.4) is 0 Å². The maximum atomic E-state index is 5.91. The first-order chi connectivity index (χ1) is 7.15. The van der Waals surface area contributed by atoms with Gasteiger partial charge < -0.3 is 0 Å². The molecule has 0 saturated heterocycles. The maximum absolute atomic E-state index is 5.91. The summed E-state index contributed by atoms with van der Waals surface area (Å²) in [5.74, 6) is 0. The summed E-state index contributed by atoms with van der Waals surface area (Å²) in [5, 5.41) is 2.15. The second kappa shape index (κ2) is 4.83. The molecular weight excluding hydrogens is 312 g/mol. The first kappa shape index (κ1) is 11.4. The van der Waals surface area contributed by atoms with Gasteiger partial charge >= 0.3 is 0 Å². The highest BCUT2D eigenvalue weighted by atomic mass is 79.9. The lowest BCUT2D eigenvalue weighted by Gasteiger charge is -1.86. The minimum absolute atomic E-state index is 0.809. The van der Waals surface area contributed by atoms with Gasteiger partial charge in [-0.2, -0.15) is 0 Å². The van der Waals surface area contributed by atoms with E-state index in [0.717, 1.165) is 13.7 Å². The Bertz CT molecular complexity index is 496. The van der Waals surface area contributed by atoms with Crippen LogP contribution in [0.1, 0.15) is 15.3 Å². The molecule has 0 aliphatic rings. The molecule has 15 heavy (non-hydrogen) atoms. The van der Waals surface area contributed by atoms with Crippen LogP contribution in [0.5, 0.6) is 0 Å². The van der Waals surface area contributed by atoms with Crippen LogP contribution >= 0.6 is 50.2 Å². The Hall–Kier alpha value is -0.0900. The Labute approximate surface area is 110 Å². The molecule has 2 rings (SSSR count). The van der Waals surface area contributed by atoms with Gasteiger partial charge in [0.1, 0.15) is 0 Å². The third-order valence-corrected chi connectivity index (χ3v) is 5.00. The summed E-state index contributed by atoms with van der Waals surface area (Å²) in [7, 11) is 0. The predicted octanol–water partition coefficient (Wildman–Crippen LogP) is 5.70. The molecule has 4 heteroatoms. The van der Waals surface area contributed by atoms with Crippen LogP contribution < -0.4 is 0 Å². The minimum atomic E-state index is 0.809. The van der Waals surface area contributed by atoms with Gasteiger partial charge in [-0.05, 0) is 58.1 Å². The zero-order chi connectivity index (χ0) is 10.8. The maximum Gasteiger partial charge on any atom is 0.0946 e. The summed E-state index contributed by atoms with van der Waals surface area (Å²) in [5.41, 5.74) is 1.31. The van der Waals surface area contributed by atoms with E-state index in [-0.39, 0.29) is 0 Å². The lowest BCUT2D eigenvalue weighted by Crippen LogP contribution is -1.62. The monoisotopic (exact) mass is 318 g/mol. The SMILES string of the molecule is Cc1csc(/C=C\c2sc(Cl)cc2Br)c1. The van der Waals surface area contributed by atoms with Crippen molar-refractivity contribution in [2.24, 2.45) is 0 Å². The summed E-state index contributed by atoms with van der Waals surface area (Å²) in [6.45, 7) is 2.10. The van der Waals surface area contributed by atoms with Gasteiger partial charge in [-0.25, -0.2) is 0 Å². The van der Waals surface area contributed by atoms with E-state index in [1.54, 1.807) is 22.7 Å². The number of hydrogen-bond acceptors (Lipinski definition) is 2. The third-order valence-electron chi connectivity index (χ3n) is 1.83. The summed E-state index contributed by atoms with van der Waals surface area (Å²) in [4.78, 5) is 2.43. The molecule has 0 fully saturated rings. The standard InChI is InChI=1S/C11H8BrClS2/c1-7-4-8(14-6-7)2-3-10-9(12)5-11(13)15-10/h2-6H,1H3/b3-2-.